The number of fused-ring (bicyclic) bond motifs is 16. The molecule has 3 aliphatic rings. The first-order chi connectivity index (χ1) is 33.2. The predicted molar refractivity (Wildman–Crippen MR) is 288 cm³/mol. The van der Waals surface area contributed by atoms with Crippen molar-refractivity contribution in [2.45, 2.75) is 65.2 Å². The fraction of sp³-hybridized carbons (Fsp3) is 0.156. The number of aromatic amines is 2. The molecule has 0 radical (unpaired) electrons. The highest BCUT2D eigenvalue weighted by atomic mass is 14.8. The van der Waals surface area contributed by atoms with Gasteiger partial charge in [-0.05, 0) is 105 Å². The molecule has 11 rings (SSSR count). The Labute approximate surface area is 401 Å². The van der Waals surface area contributed by atoms with Gasteiger partial charge in [-0.15, -0.1) is 0 Å². The van der Waals surface area contributed by atoms with Gasteiger partial charge in [-0.3, -0.25) is 0 Å². The fourth-order valence-corrected chi connectivity index (χ4v) is 10.3. The molecule has 0 saturated carbocycles. The maximum absolute atomic E-state index is 5.57. The van der Waals surface area contributed by atoms with E-state index >= 15 is 0 Å². The summed E-state index contributed by atoms with van der Waals surface area (Å²) in [7, 11) is 0. The largest absolute Gasteiger partial charge is 0.355 e. The van der Waals surface area contributed by atoms with E-state index in [-0.39, 0.29) is 11.8 Å². The van der Waals surface area contributed by atoms with Crippen molar-refractivity contribution in [1.82, 2.24) is 9.97 Å². The first-order valence-corrected chi connectivity index (χ1v) is 24.2. The van der Waals surface area contributed by atoms with E-state index in [1.165, 1.54) is 33.4 Å². The lowest BCUT2D eigenvalue weighted by Gasteiger charge is -2.22. The zero-order valence-corrected chi connectivity index (χ0v) is 39.7. The summed E-state index contributed by atoms with van der Waals surface area (Å²) in [5.41, 5.74) is 24.7. The van der Waals surface area contributed by atoms with E-state index in [9.17, 15) is 0 Å². The summed E-state index contributed by atoms with van der Waals surface area (Å²) in [5.74, 6) is 0.705. The number of nitrogens with one attached hydrogen (secondary N) is 2. The van der Waals surface area contributed by atoms with Gasteiger partial charge in [-0.2, -0.15) is 0 Å². The summed E-state index contributed by atoms with van der Waals surface area (Å²) in [4.78, 5) is 18.9. The normalized spacial score (nSPS) is 17.6. The van der Waals surface area contributed by atoms with Crippen LogP contribution in [0.1, 0.15) is 155 Å². The minimum absolute atomic E-state index is 0.00403. The topological polar surface area (TPSA) is 56.3 Å². The maximum Gasteiger partial charge on any atom is 0.0791 e. The number of hydrogen-bond donors (Lipinski definition) is 2. The quantitative estimate of drug-likeness (QED) is 0.177. The molecule has 0 spiro atoms. The van der Waals surface area contributed by atoms with E-state index in [0.717, 1.165) is 90.1 Å². The molecule has 4 heteroatoms. The molecule has 3 aliphatic heterocycles. The van der Waals surface area contributed by atoms with Gasteiger partial charge in [-0.25, -0.2) is 9.98 Å². The molecule has 0 aliphatic carbocycles. The van der Waals surface area contributed by atoms with Crippen molar-refractivity contribution in [3.63, 3.8) is 0 Å². The average molecular weight is 881 g/mol. The highest BCUT2D eigenvalue weighted by molar-refractivity contribution is 6.23. The molecule has 0 fully saturated rings. The van der Waals surface area contributed by atoms with Gasteiger partial charge in [0.2, 0.25) is 0 Å². The average Bonchev–Trinajstić information content (AvgIpc) is 4.19. The maximum atomic E-state index is 5.57. The Morgan fingerprint density at radius 3 is 1.19 bits per heavy atom. The van der Waals surface area contributed by atoms with Crippen LogP contribution in [0.3, 0.4) is 0 Å². The molecule has 2 aromatic heterocycles. The number of allylic oxidation sites excluding steroid dienone is 2. The number of aromatic nitrogens is 2. The summed E-state index contributed by atoms with van der Waals surface area (Å²) >= 11 is 0. The molecule has 6 aromatic carbocycles. The lowest BCUT2D eigenvalue weighted by Crippen LogP contribution is -2.10. The van der Waals surface area contributed by atoms with Gasteiger partial charge in [0.1, 0.15) is 0 Å². The van der Waals surface area contributed by atoms with Gasteiger partial charge >= 0.3 is 0 Å². The minimum Gasteiger partial charge on any atom is -0.355 e. The van der Waals surface area contributed by atoms with Crippen molar-refractivity contribution in [2.24, 2.45) is 9.98 Å². The van der Waals surface area contributed by atoms with Crippen molar-refractivity contribution in [3.8, 4) is 0 Å². The molecule has 2 N–H and O–H groups in total. The van der Waals surface area contributed by atoms with E-state index in [2.05, 4.69) is 246 Å². The van der Waals surface area contributed by atoms with Gasteiger partial charge < -0.3 is 9.97 Å². The predicted octanol–water partition coefficient (Wildman–Crippen LogP) is 16.3. The second-order valence-corrected chi connectivity index (χ2v) is 19.2. The fourth-order valence-electron chi connectivity index (χ4n) is 10.3. The molecule has 332 valence electrons. The van der Waals surface area contributed by atoms with E-state index in [0.29, 0.717) is 11.8 Å². The van der Waals surface area contributed by atoms with E-state index < -0.39 is 0 Å². The lowest BCUT2D eigenvalue weighted by molar-refractivity contribution is 0.857. The molecular formula is C64H56N4. The first kappa shape index (κ1) is 42.8. The number of aliphatic imine (C=N–C) groups is 2. The number of H-pyrrole nitrogens is 2. The van der Waals surface area contributed by atoms with Crippen molar-refractivity contribution in [3.05, 3.63) is 259 Å². The van der Waals surface area contributed by atoms with Crippen LogP contribution in [0.4, 0.5) is 0 Å². The standard InChI is InChI=1S/C64H56N4/c1-39(2)45-25-29-53-55(35-45)41(5)57(33-43-17-9-7-10-18-43)59-31-27-47(65-59)38-62-50-22-14-16-24-52(50)64(68-62)54-30-26-46(40(3)4)36-56(54)42(6)58(34-44-19-11-8-12-20-44)60-32-28-48(66-60)37-61-49-21-13-15-23-51(49)63(53)67-61/h7-42,65-66H,1-6H3/b57-33+,58-34+,61-37?,62-38?. The monoisotopic (exact) mass is 880 g/mol. The van der Waals surface area contributed by atoms with E-state index in [1.807, 2.05) is 0 Å². The van der Waals surface area contributed by atoms with Crippen molar-refractivity contribution >= 4 is 58.3 Å². The van der Waals surface area contributed by atoms with E-state index in [4.69, 9.17) is 9.98 Å². The van der Waals surface area contributed by atoms with Gasteiger partial charge in [-0.1, -0.05) is 187 Å². The van der Waals surface area contributed by atoms with E-state index in [1.54, 1.807) is 0 Å². The number of rotatable bonds is 4. The minimum atomic E-state index is -0.00403. The summed E-state index contributed by atoms with van der Waals surface area (Å²) < 4.78 is 0. The van der Waals surface area contributed by atoms with Crippen LogP contribution in [0, 0.1) is 0 Å². The SMILES string of the molecule is CC(C)c1ccc2c(c1)C(C)/C(=C\c1ccccc1)c1ccc([nH]1)C=C1N=C(c3ccccc31)c1ccc(C(C)C)cc1C(C)/C(=C\c1ccccc1)c1ccc([nH]1)C=C1N=C2c2ccccc21. The smallest absolute Gasteiger partial charge is 0.0791 e. The summed E-state index contributed by atoms with van der Waals surface area (Å²) in [5, 5.41) is 0. The van der Waals surface area contributed by atoms with Crippen LogP contribution >= 0.6 is 0 Å². The van der Waals surface area contributed by atoms with Crippen LogP contribution in [0.15, 0.2) is 180 Å². The molecule has 0 amide bonds. The zero-order valence-electron chi connectivity index (χ0n) is 39.7. The number of benzene rings is 6. The second kappa shape index (κ2) is 17.8. The Morgan fingerprint density at radius 2 is 0.794 bits per heavy atom. The third kappa shape index (κ3) is 8.00. The van der Waals surface area contributed by atoms with Crippen LogP contribution in [0.5, 0.6) is 0 Å². The molecule has 5 heterocycles. The Balaban J connectivity index is 1.18. The molecular weight excluding hydrogens is 825 g/mol. The first-order valence-electron chi connectivity index (χ1n) is 24.2. The van der Waals surface area contributed by atoms with Crippen LogP contribution in [0.2, 0.25) is 0 Å². The third-order valence-corrected chi connectivity index (χ3v) is 14.1. The van der Waals surface area contributed by atoms with Crippen LogP contribution in [-0.4, -0.2) is 21.4 Å². The Morgan fingerprint density at radius 1 is 0.412 bits per heavy atom. The Bertz CT molecular complexity index is 3190. The molecule has 0 saturated heterocycles. The van der Waals surface area contributed by atoms with Gasteiger partial charge in [0.25, 0.3) is 0 Å². The zero-order chi connectivity index (χ0) is 46.5. The van der Waals surface area contributed by atoms with Gasteiger partial charge in [0.15, 0.2) is 0 Å². The van der Waals surface area contributed by atoms with Crippen molar-refractivity contribution < 1.29 is 0 Å². The molecule has 2 unspecified atom stereocenters. The number of hydrogen-bond acceptors (Lipinski definition) is 2. The van der Waals surface area contributed by atoms with Gasteiger partial charge in [0.05, 0.1) is 22.8 Å². The molecule has 4 nitrogen and oxygen atoms in total. The summed E-state index contributed by atoms with van der Waals surface area (Å²) in [6.45, 7) is 13.8. The van der Waals surface area contributed by atoms with Crippen molar-refractivity contribution in [2.75, 3.05) is 0 Å². The lowest BCUT2D eigenvalue weighted by atomic mass is 9.82. The highest BCUT2D eigenvalue weighted by Gasteiger charge is 2.30. The van der Waals surface area contributed by atoms with Gasteiger partial charge in [0, 0.05) is 68.0 Å². The molecule has 8 aromatic rings. The van der Waals surface area contributed by atoms with Crippen molar-refractivity contribution in [1.29, 1.82) is 0 Å². The second-order valence-electron chi connectivity index (χ2n) is 19.2. The highest BCUT2D eigenvalue weighted by Crippen LogP contribution is 2.43. The molecule has 68 heavy (non-hydrogen) atoms. The number of nitrogens with zero attached hydrogens (tertiary/aromatic N) is 2. The molecule has 8 bridgehead atoms. The van der Waals surface area contributed by atoms with Crippen LogP contribution in [-0.2, 0) is 0 Å². The summed E-state index contributed by atoms with van der Waals surface area (Å²) in [6.07, 6.45) is 9.15. The Kier molecular flexibility index (Phi) is 11.2. The van der Waals surface area contributed by atoms with Crippen LogP contribution in [0.25, 0.3) is 46.8 Å². The third-order valence-electron chi connectivity index (χ3n) is 14.1. The Hall–Kier alpha value is -7.82. The van der Waals surface area contributed by atoms with Crippen LogP contribution < -0.4 is 0 Å². The molecule has 2 atom stereocenters. The summed E-state index contributed by atoms with van der Waals surface area (Å²) in [6, 6.07) is 61.7.